The molecule has 1 heterocycles. The standard InChI is InChI=1S/C20H18Cl3N3O3S/c1-11(18(27)24-15-5-3-4-14(22)17(15)23)30-20-25-16-10-12(21)6-7-13(16)19(28)26(20)8-9-29-2/h3-7,10-11H,8-9H2,1-2H3,(H,24,27). The average Bonchev–Trinajstić information content (AvgIpc) is 2.71. The van der Waals surface area contributed by atoms with Gasteiger partial charge in [0.15, 0.2) is 5.16 Å². The van der Waals surface area contributed by atoms with Crippen LogP contribution in [0.25, 0.3) is 10.9 Å². The predicted molar refractivity (Wildman–Crippen MR) is 123 cm³/mol. The van der Waals surface area contributed by atoms with Crippen LogP contribution in [0.4, 0.5) is 5.69 Å². The molecule has 0 saturated carbocycles. The number of methoxy groups -OCH3 is 1. The summed E-state index contributed by atoms with van der Waals surface area (Å²) >= 11 is 19.4. The minimum atomic E-state index is -0.572. The Morgan fingerprint density at radius 3 is 2.77 bits per heavy atom. The van der Waals surface area contributed by atoms with Crippen molar-refractivity contribution in [2.24, 2.45) is 0 Å². The summed E-state index contributed by atoms with van der Waals surface area (Å²) in [5.41, 5.74) is 0.660. The van der Waals surface area contributed by atoms with Gasteiger partial charge in [0.05, 0.1) is 45.0 Å². The second-order valence-electron chi connectivity index (χ2n) is 6.36. The van der Waals surface area contributed by atoms with Crippen LogP contribution in [-0.2, 0) is 16.1 Å². The van der Waals surface area contributed by atoms with Crippen molar-refractivity contribution in [1.29, 1.82) is 0 Å². The van der Waals surface area contributed by atoms with Gasteiger partial charge in [-0.3, -0.25) is 14.2 Å². The molecule has 1 amide bonds. The Morgan fingerprint density at radius 1 is 1.27 bits per heavy atom. The average molecular weight is 487 g/mol. The van der Waals surface area contributed by atoms with E-state index in [0.29, 0.717) is 44.9 Å². The van der Waals surface area contributed by atoms with Crippen LogP contribution in [0.15, 0.2) is 46.3 Å². The molecule has 6 nitrogen and oxygen atoms in total. The zero-order valence-corrected chi connectivity index (χ0v) is 19.2. The first-order chi connectivity index (χ1) is 14.3. The Hall–Kier alpha value is -1.77. The summed E-state index contributed by atoms with van der Waals surface area (Å²) in [7, 11) is 1.55. The summed E-state index contributed by atoms with van der Waals surface area (Å²) in [6.07, 6.45) is 0. The van der Waals surface area contributed by atoms with Crippen LogP contribution in [0.1, 0.15) is 6.92 Å². The molecule has 1 N–H and O–H groups in total. The van der Waals surface area contributed by atoms with E-state index in [1.165, 1.54) is 4.57 Å². The molecule has 0 fully saturated rings. The molecule has 0 spiro atoms. The number of thioether (sulfide) groups is 1. The molecule has 3 rings (SSSR count). The Bertz CT molecular complexity index is 1150. The molecule has 30 heavy (non-hydrogen) atoms. The van der Waals surface area contributed by atoms with Crippen LogP contribution in [-0.4, -0.2) is 34.4 Å². The van der Waals surface area contributed by atoms with Gasteiger partial charge in [-0.15, -0.1) is 0 Å². The number of nitrogens with zero attached hydrogens (tertiary/aromatic N) is 2. The number of carbonyl (C=O) groups excluding carboxylic acids is 1. The highest BCUT2D eigenvalue weighted by atomic mass is 35.5. The number of fused-ring (bicyclic) bond motifs is 1. The molecular formula is C20H18Cl3N3O3S. The molecule has 0 aliphatic carbocycles. The van der Waals surface area contributed by atoms with Crippen LogP contribution in [0.2, 0.25) is 15.1 Å². The number of aromatic nitrogens is 2. The lowest BCUT2D eigenvalue weighted by molar-refractivity contribution is -0.115. The molecule has 0 saturated heterocycles. The molecule has 1 atom stereocenters. The Labute approximate surface area is 192 Å². The van der Waals surface area contributed by atoms with E-state index in [-0.39, 0.29) is 16.5 Å². The van der Waals surface area contributed by atoms with Crippen LogP contribution < -0.4 is 10.9 Å². The van der Waals surface area contributed by atoms with Crippen molar-refractivity contribution < 1.29 is 9.53 Å². The zero-order chi connectivity index (χ0) is 21.8. The number of anilines is 1. The number of hydrogen-bond donors (Lipinski definition) is 1. The molecule has 10 heteroatoms. The third kappa shape index (κ3) is 5.10. The first-order valence-corrected chi connectivity index (χ1v) is 10.9. The van der Waals surface area contributed by atoms with E-state index >= 15 is 0 Å². The van der Waals surface area contributed by atoms with Crippen molar-refractivity contribution in [2.75, 3.05) is 19.0 Å². The molecule has 0 bridgehead atoms. The highest BCUT2D eigenvalue weighted by Gasteiger charge is 2.20. The number of nitrogens with one attached hydrogen (secondary N) is 1. The predicted octanol–water partition coefficient (Wildman–Crippen LogP) is 5.12. The highest BCUT2D eigenvalue weighted by molar-refractivity contribution is 8.00. The van der Waals surface area contributed by atoms with Crippen LogP contribution in [0.5, 0.6) is 0 Å². The quantitative estimate of drug-likeness (QED) is 0.370. The monoisotopic (exact) mass is 485 g/mol. The largest absolute Gasteiger partial charge is 0.383 e. The van der Waals surface area contributed by atoms with Gasteiger partial charge in [-0.25, -0.2) is 4.98 Å². The van der Waals surface area contributed by atoms with Gasteiger partial charge in [-0.05, 0) is 37.3 Å². The molecule has 1 unspecified atom stereocenters. The lowest BCUT2D eigenvalue weighted by atomic mass is 10.2. The number of halogens is 3. The number of hydrogen-bond acceptors (Lipinski definition) is 5. The van der Waals surface area contributed by atoms with Gasteiger partial charge in [0.25, 0.3) is 5.56 Å². The summed E-state index contributed by atoms with van der Waals surface area (Å²) in [5, 5.41) is 4.11. The van der Waals surface area contributed by atoms with E-state index < -0.39 is 5.25 Å². The number of rotatable bonds is 7. The lowest BCUT2D eigenvalue weighted by Crippen LogP contribution is -2.28. The van der Waals surface area contributed by atoms with Crippen LogP contribution in [0, 0.1) is 0 Å². The Morgan fingerprint density at radius 2 is 2.03 bits per heavy atom. The Balaban J connectivity index is 1.91. The molecule has 2 aromatic carbocycles. The van der Waals surface area contributed by atoms with Gasteiger partial charge in [0.2, 0.25) is 5.91 Å². The van der Waals surface area contributed by atoms with Crippen LogP contribution >= 0.6 is 46.6 Å². The fraction of sp³-hybridized carbons (Fsp3) is 0.250. The number of ether oxygens (including phenoxy) is 1. The lowest BCUT2D eigenvalue weighted by Gasteiger charge is -2.17. The number of carbonyl (C=O) groups is 1. The van der Waals surface area contributed by atoms with Gasteiger partial charge in [-0.2, -0.15) is 0 Å². The maximum Gasteiger partial charge on any atom is 0.262 e. The molecule has 1 aromatic heterocycles. The van der Waals surface area contributed by atoms with Gasteiger partial charge >= 0.3 is 0 Å². The third-order valence-electron chi connectivity index (χ3n) is 4.26. The van der Waals surface area contributed by atoms with Crippen molar-refractivity contribution in [3.8, 4) is 0 Å². The summed E-state index contributed by atoms with van der Waals surface area (Å²) in [4.78, 5) is 30.3. The second-order valence-corrected chi connectivity index (χ2v) is 8.89. The molecule has 0 aliphatic heterocycles. The summed E-state index contributed by atoms with van der Waals surface area (Å²) < 4.78 is 6.62. The minimum absolute atomic E-state index is 0.221. The van der Waals surface area contributed by atoms with Crippen molar-refractivity contribution in [3.63, 3.8) is 0 Å². The fourth-order valence-electron chi connectivity index (χ4n) is 2.69. The molecule has 3 aromatic rings. The topological polar surface area (TPSA) is 73.2 Å². The van der Waals surface area contributed by atoms with Gasteiger partial charge in [-0.1, -0.05) is 52.6 Å². The third-order valence-corrected chi connectivity index (χ3v) is 6.41. The minimum Gasteiger partial charge on any atom is -0.383 e. The molecule has 158 valence electrons. The zero-order valence-electron chi connectivity index (χ0n) is 16.1. The second kappa shape index (κ2) is 10.0. The molecular weight excluding hydrogens is 469 g/mol. The van der Waals surface area contributed by atoms with Crippen molar-refractivity contribution >= 4 is 69.1 Å². The van der Waals surface area contributed by atoms with Crippen molar-refractivity contribution in [1.82, 2.24) is 9.55 Å². The first-order valence-electron chi connectivity index (χ1n) is 8.92. The maximum absolute atomic E-state index is 13.0. The SMILES string of the molecule is COCCn1c(SC(C)C(=O)Nc2cccc(Cl)c2Cl)nc2cc(Cl)ccc2c1=O. The van der Waals surface area contributed by atoms with Crippen molar-refractivity contribution in [2.45, 2.75) is 23.9 Å². The van der Waals surface area contributed by atoms with E-state index in [1.807, 2.05) is 0 Å². The van der Waals surface area contributed by atoms with Gasteiger partial charge < -0.3 is 10.1 Å². The first kappa shape index (κ1) is 22.9. The maximum atomic E-state index is 13.0. The fourth-order valence-corrected chi connectivity index (χ4v) is 4.14. The smallest absolute Gasteiger partial charge is 0.262 e. The highest BCUT2D eigenvalue weighted by Crippen LogP contribution is 2.31. The molecule has 0 radical (unpaired) electrons. The number of benzene rings is 2. The number of amides is 1. The van der Waals surface area contributed by atoms with Crippen molar-refractivity contribution in [3.05, 3.63) is 61.8 Å². The van der Waals surface area contributed by atoms with E-state index in [1.54, 1.807) is 50.4 Å². The van der Waals surface area contributed by atoms with E-state index in [9.17, 15) is 9.59 Å². The summed E-state index contributed by atoms with van der Waals surface area (Å²) in [6, 6.07) is 9.90. The van der Waals surface area contributed by atoms with E-state index in [2.05, 4.69) is 10.3 Å². The summed E-state index contributed by atoms with van der Waals surface area (Å²) in [5.74, 6) is -0.303. The van der Waals surface area contributed by atoms with E-state index in [4.69, 9.17) is 39.5 Å². The Kier molecular flexibility index (Phi) is 7.65. The van der Waals surface area contributed by atoms with Crippen LogP contribution in [0.3, 0.4) is 0 Å². The summed E-state index contributed by atoms with van der Waals surface area (Å²) in [6.45, 7) is 2.35. The van der Waals surface area contributed by atoms with Gasteiger partial charge in [0.1, 0.15) is 0 Å². The molecule has 0 aliphatic rings. The normalized spacial score (nSPS) is 12.2. The van der Waals surface area contributed by atoms with E-state index in [0.717, 1.165) is 11.8 Å². The van der Waals surface area contributed by atoms with Gasteiger partial charge in [0, 0.05) is 12.1 Å².